The van der Waals surface area contributed by atoms with Crippen LogP contribution in [0.3, 0.4) is 0 Å². The van der Waals surface area contributed by atoms with E-state index in [-0.39, 0.29) is 23.9 Å². The van der Waals surface area contributed by atoms with Crippen molar-refractivity contribution in [2.24, 2.45) is 5.73 Å². The highest BCUT2D eigenvalue weighted by molar-refractivity contribution is 5.93. The van der Waals surface area contributed by atoms with Crippen LogP contribution in [-0.4, -0.2) is 10.8 Å². The maximum Gasteiger partial charge on any atom is 0.141 e. The Morgan fingerprint density at radius 1 is 1.58 bits per heavy atom. The second kappa shape index (κ2) is 4.31. The van der Waals surface area contributed by atoms with E-state index in [9.17, 15) is 0 Å². The Kier molecular flexibility index (Phi) is 3.74. The lowest BCUT2D eigenvalue weighted by molar-refractivity contribution is 1.21. The van der Waals surface area contributed by atoms with Crippen molar-refractivity contribution in [3.8, 4) is 6.07 Å². The number of aromatic nitrogens is 1. The van der Waals surface area contributed by atoms with Crippen molar-refractivity contribution in [1.82, 2.24) is 4.98 Å². The molecule has 0 spiro atoms. The number of pyridine rings is 1. The van der Waals surface area contributed by atoms with Gasteiger partial charge >= 0.3 is 0 Å². The van der Waals surface area contributed by atoms with Crippen LogP contribution in [0.5, 0.6) is 0 Å². The summed E-state index contributed by atoms with van der Waals surface area (Å²) >= 11 is 0. The number of hydrogen-bond acceptors (Lipinski definition) is 3. The maximum atomic E-state index is 8.42. The molecule has 12 heavy (non-hydrogen) atoms. The summed E-state index contributed by atoms with van der Waals surface area (Å²) in [5.74, 6) is -0.123. The Morgan fingerprint density at radius 2 is 2.25 bits per heavy atom. The third-order valence-corrected chi connectivity index (χ3v) is 1.14. The molecule has 1 rings (SSSR count). The minimum Gasteiger partial charge on any atom is -0.382 e. The SMILES string of the molecule is Cl.N#Cc1cccc(C(=N)N)n1. The smallest absolute Gasteiger partial charge is 0.141 e. The van der Waals surface area contributed by atoms with Crippen LogP contribution in [0.2, 0.25) is 0 Å². The summed E-state index contributed by atoms with van der Waals surface area (Å²) in [7, 11) is 0. The number of halogens is 1. The molecule has 3 N–H and O–H groups in total. The van der Waals surface area contributed by atoms with E-state index in [1.807, 2.05) is 6.07 Å². The molecule has 0 fully saturated rings. The van der Waals surface area contributed by atoms with Crippen molar-refractivity contribution >= 4 is 18.2 Å². The summed E-state index contributed by atoms with van der Waals surface area (Å²) in [5.41, 5.74) is 5.76. The lowest BCUT2D eigenvalue weighted by Crippen LogP contribution is -2.13. The molecule has 0 aliphatic rings. The van der Waals surface area contributed by atoms with E-state index in [0.717, 1.165) is 0 Å². The largest absolute Gasteiger partial charge is 0.382 e. The molecule has 0 amide bonds. The number of hydrogen-bond donors (Lipinski definition) is 2. The number of nitrogen functional groups attached to an aromatic ring is 1. The predicted molar refractivity (Wildman–Crippen MR) is 47.2 cm³/mol. The second-order valence-electron chi connectivity index (χ2n) is 1.93. The van der Waals surface area contributed by atoms with Gasteiger partial charge in [0.1, 0.15) is 23.3 Å². The molecule has 62 valence electrons. The van der Waals surface area contributed by atoms with Crippen LogP contribution in [0.15, 0.2) is 18.2 Å². The highest BCUT2D eigenvalue weighted by atomic mass is 35.5. The molecule has 0 saturated carbocycles. The Hall–Kier alpha value is -1.60. The van der Waals surface area contributed by atoms with Gasteiger partial charge in [0.25, 0.3) is 0 Å². The first-order valence-corrected chi connectivity index (χ1v) is 2.95. The van der Waals surface area contributed by atoms with E-state index in [2.05, 4.69) is 4.98 Å². The van der Waals surface area contributed by atoms with E-state index in [4.69, 9.17) is 16.4 Å². The summed E-state index contributed by atoms with van der Waals surface area (Å²) in [5, 5.41) is 15.4. The average Bonchev–Trinajstić information content (AvgIpc) is 2.05. The number of nitrogens with one attached hydrogen (secondary N) is 1. The Balaban J connectivity index is 0.00000121. The molecule has 1 aromatic rings. The van der Waals surface area contributed by atoms with Crippen LogP contribution in [0.4, 0.5) is 0 Å². The summed E-state index contributed by atoms with van der Waals surface area (Å²) in [6.45, 7) is 0. The minimum atomic E-state index is -0.123. The third kappa shape index (κ3) is 2.22. The van der Waals surface area contributed by atoms with E-state index < -0.39 is 0 Å². The zero-order valence-electron chi connectivity index (χ0n) is 6.11. The first-order chi connectivity index (χ1) is 5.24. The van der Waals surface area contributed by atoms with E-state index in [1.165, 1.54) is 0 Å². The van der Waals surface area contributed by atoms with Gasteiger partial charge in [-0.1, -0.05) is 6.07 Å². The second-order valence-corrected chi connectivity index (χ2v) is 1.93. The molecule has 0 atom stereocenters. The average molecular weight is 183 g/mol. The van der Waals surface area contributed by atoms with Gasteiger partial charge < -0.3 is 5.73 Å². The standard InChI is InChI=1S/C7H6N4.ClH/c8-4-5-2-1-3-6(11-5)7(9)10;/h1-3H,(H3,9,10);1H. The van der Waals surface area contributed by atoms with Gasteiger partial charge in [0.2, 0.25) is 0 Å². The van der Waals surface area contributed by atoms with Crippen molar-refractivity contribution in [1.29, 1.82) is 10.7 Å². The molecule has 0 radical (unpaired) electrons. The number of nitrogens with zero attached hydrogens (tertiary/aromatic N) is 2. The van der Waals surface area contributed by atoms with Crippen LogP contribution in [0.25, 0.3) is 0 Å². The third-order valence-electron chi connectivity index (χ3n) is 1.14. The van der Waals surface area contributed by atoms with E-state index in [1.54, 1.807) is 18.2 Å². The molecule has 0 aliphatic carbocycles. The number of rotatable bonds is 1. The molecule has 0 bridgehead atoms. The van der Waals surface area contributed by atoms with Gasteiger partial charge in [0.15, 0.2) is 0 Å². The van der Waals surface area contributed by atoms with Gasteiger partial charge in [-0.2, -0.15) is 5.26 Å². The maximum absolute atomic E-state index is 8.42. The highest BCUT2D eigenvalue weighted by Gasteiger charge is 1.97. The van der Waals surface area contributed by atoms with E-state index in [0.29, 0.717) is 5.69 Å². The molecule has 5 heteroatoms. The van der Waals surface area contributed by atoms with Gasteiger partial charge in [-0.05, 0) is 12.1 Å². The van der Waals surface area contributed by atoms with Crippen molar-refractivity contribution in [3.05, 3.63) is 29.6 Å². The quantitative estimate of drug-likeness (QED) is 0.494. The first kappa shape index (κ1) is 10.4. The topological polar surface area (TPSA) is 86.5 Å². The zero-order chi connectivity index (χ0) is 8.27. The number of amidine groups is 1. The molecule has 1 aromatic heterocycles. The lowest BCUT2D eigenvalue weighted by atomic mass is 10.3. The van der Waals surface area contributed by atoms with E-state index >= 15 is 0 Å². The summed E-state index contributed by atoms with van der Waals surface area (Å²) < 4.78 is 0. The summed E-state index contributed by atoms with van der Waals surface area (Å²) in [6.07, 6.45) is 0. The Labute approximate surface area is 76.0 Å². The van der Waals surface area contributed by atoms with Crippen molar-refractivity contribution < 1.29 is 0 Å². The molecular weight excluding hydrogens is 176 g/mol. The van der Waals surface area contributed by atoms with Crippen molar-refractivity contribution in [3.63, 3.8) is 0 Å². The van der Waals surface area contributed by atoms with Gasteiger partial charge in [0.05, 0.1) is 0 Å². The molecule has 1 heterocycles. The van der Waals surface area contributed by atoms with Gasteiger partial charge in [-0.15, -0.1) is 12.4 Å². The van der Waals surface area contributed by atoms with Crippen LogP contribution < -0.4 is 5.73 Å². The fourth-order valence-corrected chi connectivity index (χ4v) is 0.647. The highest BCUT2D eigenvalue weighted by Crippen LogP contribution is 1.96. The lowest BCUT2D eigenvalue weighted by Gasteiger charge is -1.94. The summed E-state index contributed by atoms with van der Waals surface area (Å²) in [6, 6.07) is 6.65. The zero-order valence-corrected chi connectivity index (χ0v) is 6.93. The van der Waals surface area contributed by atoms with Crippen LogP contribution in [-0.2, 0) is 0 Å². The molecule has 4 nitrogen and oxygen atoms in total. The molecule has 0 unspecified atom stereocenters. The molecule has 0 aromatic carbocycles. The number of nitriles is 1. The monoisotopic (exact) mass is 182 g/mol. The fraction of sp³-hybridized carbons (Fsp3) is 0. The van der Waals surface area contributed by atoms with Gasteiger partial charge in [-0.25, -0.2) is 4.98 Å². The van der Waals surface area contributed by atoms with Crippen molar-refractivity contribution in [2.45, 2.75) is 0 Å². The van der Waals surface area contributed by atoms with Crippen molar-refractivity contribution in [2.75, 3.05) is 0 Å². The van der Waals surface area contributed by atoms with Crippen LogP contribution in [0.1, 0.15) is 11.4 Å². The van der Waals surface area contributed by atoms with Gasteiger partial charge in [0, 0.05) is 0 Å². The molecular formula is C7H7ClN4. The first-order valence-electron chi connectivity index (χ1n) is 2.95. The van der Waals surface area contributed by atoms with Gasteiger partial charge in [-0.3, -0.25) is 5.41 Å². The predicted octanol–water partition coefficient (Wildman–Crippen LogP) is 0.659. The fourth-order valence-electron chi connectivity index (χ4n) is 0.647. The summed E-state index contributed by atoms with van der Waals surface area (Å²) in [4.78, 5) is 3.78. The van der Waals surface area contributed by atoms with Crippen LogP contribution >= 0.6 is 12.4 Å². The van der Waals surface area contributed by atoms with Crippen LogP contribution in [0, 0.1) is 16.7 Å². The molecule has 0 saturated heterocycles. The number of nitrogens with two attached hydrogens (primary N) is 1. The Bertz CT molecular complexity index is 328. The minimum absolute atomic E-state index is 0. The molecule has 0 aliphatic heterocycles. The normalized spacial score (nSPS) is 7.92. The Morgan fingerprint density at radius 3 is 2.75 bits per heavy atom.